The maximum Gasteiger partial charge on any atom is 0.270 e. The predicted octanol–water partition coefficient (Wildman–Crippen LogP) is 3.81. The molecule has 0 unspecified atom stereocenters. The van der Waals surface area contributed by atoms with Crippen LogP contribution in [0.15, 0.2) is 53.4 Å². The summed E-state index contributed by atoms with van der Waals surface area (Å²) in [7, 11) is 0. The van der Waals surface area contributed by atoms with Crippen LogP contribution in [0.4, 0.5) is 15.8 Å². The molecule has 0 aliphatic carbocycles. The average molecular weight is 330 g/mol. The highest BCUT2D eigenvalue weighted by Crippen LogP contribution is 2.36. The first-order valence-electron chi connectivity index (χ1n) is 6.44. The summed E-state index contributed by atoms with van der Waals surface area (Å²) in [6.07, 6.45) is 1.70. The van der Waals surface area contributed by atoms with E-state index in [1.54, 1.807) is 42.5 Å². The molecule has 1 aliphatic rings. The van der Waals surface area contributed by atoms with Gasteiger partial charge in [0.25, 0.3) is 5.91 Å². The summed E-state index contributed by atoms with van der Waals surface area (Å²) in [4.78, 5) is 14.5. The minimum absolute atomic E-state index is 0.204. The highest BCUT2D eigenvalue weighted by molar-refractivity contribution is 8.27. The van der Waals surface area contributed by atoms with E-state index in [1.807, 2.05) is 0 Å². The molecule has 3 rings (SSSR count). The van der Waals surface area contributed by atoms with Gasteiger partial charge in [-0.25, -0.2) is 4.39 Å². The van der Waals surface area contributed by atoms with E-state index in [0.29, 0.717) is 20.6 Å². The Labute approximate surface area is 136 Å². The SMILES string of the molecule is Nc1cccc(N2C(=O)/C(=C\c3ccc(F)cc3)SC2=S)c1. The Morgan fingerprint density at radius 2 is 1.91 bits per heavy atom. The van der Waals surface area contributed by atoms with Gasteiger partial charge in [0.05, 0.1) is 10.6 Å². The number of thioether (sulfide) groups is 1. The molecular formula is C16H11FN2OS2. The fourth-order valence-corrected chi connectivity index (χ4v) is 3.36. The van der Waals surface area contributed by atoms with Crippen LogP contribution in [0.25, 0.3) is 6.08 Å². The number of nitrogen functional groups attached to an aromatic ring is 1. The first-order valence-corrected chi connectivity index (χ1v) is 7.66. The van der Waals surface area contributed by atoms with Gasteiger partial charge >= 0.3 is 0 Å². The highest BCUT2D eigenvalue weighted by Gasteiger charge is 2.33. The van der Waals surface area contributed by atoms with Crippen LogP contribution in [0.1, 0.15) is 5.56 Å². The Kier molecular flexibility index (Phi) is 3.96. The minimum atomic E-state index is -0.315. The van der Waals surface area contributed by atoms with Crippen molar-refractivity contribution in [1.82, 2.24) is 0 Å². The lowest BCUT2D eigenvalue weighted by Gasteiger charge is -2.14. The van der Waals surface area contributed by atoms with Gasteiger partial charge < -0.3 is 5.73 Å². The van der Waals surface area contributed by atoms with Crippen LogP contribution in [-0.4, -0.2) is 10.2 Å². The minimum Gasteiger partial charge on any atom is -0.399 e. The monoisotopic (exact) mass is 330 g/mol. The van der Waals surface area contributed by atoms with E-state index in [1.165, 1.54) is 28.8 Å². The second kappa shape index (κ2) is 5.90. The number of hydrogen-bond acceptors (Lipinski definition) is 4. The van der Waals surface area contributed by atoms with Crippen molar-refractivity contribution < 1.29 is 9.18 Å². The van der Waals surface area contributed by atoms with Crippen molar-refractivity contribution >= 4 is 51.7 Å². The van der Waals surface area contributed by atoms with Crippen molar-refractivity contribution in [3.05, 3.63) is 64.8 Å². The van der Waals surface area contributed by atoms with Crippen molar-refractivity contribution in [3.63, 3.8) is 0 Å². The number of amides is 1. The van der Waals surface area contributed by atoms with Crippen LogP contribution in [0.3, 0.4) is 0 Å². The smallest absolute Gasteiger partial charge is 0.270 e. The van der Waals surface area contributed by atoms with E-state index in [9.17, 15) is 9.18 Å². The molecule has 3 nitrogen and oxygen atoms in total. The van der Waals surface area contributed by atoms with Crippen molar-refractivity contribution in [2.75, 3.05) is 10.6 Å². The van der Waals surface area contributed by atoms with Gasteiger partial charge in [-0.15, -0.1) is 0 Å². The molecule has 0 aromatic heterocycles. The van der Waals surface area contributed by atoms with Gasteiger partial charge in [0, 0.05) is 5.69 Å². The van der Waals surface area contributed by atoms with Gasteiger partial charge in [0.1, 0.15) is 5.82 Å². The number of anilines is 2. The van der Waals surface area contributed by atoms with E-state index >= 15 is 0 Å². The van der Waals surface area contributed by atoms with Crippen LogP contribution in [0.5, 0.6) is 0 Å². The topological polar surface area (TPSA) is 46.3 Å². The molecule has 2 aromatic rings. The Bertz CT molecular complexity index is 787. The third-order valence-electron chi connectivity index (χ3n) is 3.09. The van der Waals surface area contributed by atoms with Gasteiger partial charge in [-0.2, -0.15) is 0 Å². The lowest BCUT2D eigenvalue weighted by molar-refractivity contribution is -0.113. The van der Waals surface area contributed by atoms with E-state index < -0.39 is 0 Å². The number of nitrogens with zero attached hydrogens (tertiary/aromatic N) is 1. The number of halogens is 1. The number of thiocarbonyl (C=S) groups is 1. The maximum atomic E-state index is 12.9. The van der Waals surface area contributed by atoms with Crippen molar-refractivity contribution in [2.45, 2.75) is 0 Å². The largest absolute Gasteiger partial charge is 0.399 e. The molecule has 1 saturated heterocycles. The molecule has 0 spiro atoms. The predicted molar refractivity (Wildman–Crippen MR) is 92.9 cm³/mol. The normalized spacial score (nSPS) is 16.6. The van der Waals surface area contributed by atoms with Gasteiger partial charge in [-0.3, -0.25) is 9.69 Å². The number of nitrogens with two attached hydrogens (primary N) is 1. The fourth-order valence-electron chi connectivity index (χ4n) is 2.06. The number of hydrogen-bond donors (Lipinski definition) is 1. The van der Waals surface area contributed by atoms with Crippen LogP contribution in [0, 0.1) is 5.82 Å². The molecule has 0 atom stereocenters. The van der Waals surface area contributed by atoms with E-state index in [2.05, 4.69) is 0 Å². The van der Waals surface area contributed by atoms with Crippen molar-refractivity contribution in [2.24, 2.45) is 0 Å². The Morgan fingerprint density at radius 1 is 1.18 bits per heavy atom. The maximum absolute atomic E-state index is 12.9. The van der Waals surface area contributed by atoms with Crippen LogP contribution < -0.4 is 10.6 Å². The molecule has 1 fully saturated rings. The molecule has 2 N–H and O–H groups in total. The van der Waals surface area contributed by atoms with Crippen LogP contribution in [-0.2, 0) is 4.79 Å². The molecular weight excluding hydrogens is 319 g/mol. The lowest BCUT2D eigenvalue weighted by Crippen LogP contribution is -2.27. The molecule has 6 heteroatoms. The molecule has 22 heavy (non-hydrogen) atoms. The number of carbonyl (C=O) groups is 1. The number of benzene rings is 2. The van der Waals surface area contributed by atoms with Crippen molar-refractivity contribution in [3.8, 4) is 0 Å². The van der Waals surface area contributed by atoms with Crippen molar-refractivity contribution in [1.29, 1.82) is 0 Å². The van der Waals surface area contributed by atoms with Crippen LogP contribution in [0.2, 0.25) is 0 Å². The fraction of sp³-hybridized carbons (Fsp3) is 0. The Hall–Kier alpha value is -2.18. The molecule has 1 aliphatic heterocycles. The van der Waals surface area contributed by atoms with E-state index in [-0.39, 0.29) is 11.7 Å². The quantitative estimate of drug-likeness (QED) is 0.517. The third-order valence-corrected chi connectivity index (χ3v) is 4.39. The zero-order valence-electron chi connectivity index (χ0n) is 11.3. The lowest BCUT2D eigenvalue weighted by atomic mass is 10.2. The molecule has 1 heterocycles. The van der Waals surface area contributed by atoms with Gasteiger partial charge in [-0.05, 0) is 42.0 Å². The van der Waals surface area contributed by atoms with E-state index in [4.69, 9.17) is 18.0 Å². The zero-order valence-corrected chi connectivity index (χ0v) is 13.0. The Morgan fingerprint density at radius 3 is 2.59 bits per heavy atom. The second-order valence-corrected chi connectivity index (χ2v) is 6.34. The summed E-state index contributed by atoms with van der Waals surface area (Å²) in [5, 5.41) is 0. The van der Waals surface area contributed by atoms with Gasteiger partial charge in [0.2, 0.25) is 0 Å². The molecule has 110 valence electrons. The number of carbonyl (C=O) groups excluding carboxylic acids is 1. The summed E-state index contributed by atoms with van der Waals surface area (Å²) >= 11 is 6.50. The molecule has 0 bridgehead atoms. The summed E-state index contributed by atoms with van der Waals surface area (Å²) in [6, 6.07) is 12.9. The summed E-state index contributed by atoms with van der Waals surface area (Å²) in [5.74, 6) is -0.519. The summed E-state index contributed by atoms with van der Waals surface area (Å²) < 4.78 is 13.4. The molecule has 2 aromatic carbocycles. The highest BCUT2D eigenvalue weighted by atomic mass is 32.2. The standard InChI is InChI=1S/C16H11FN2OS2/c17-11-6-4-10(5-7-11)8-14-15(20)19(16(21)22-14)13-3-1-2-12(18)9-13/h1-9H,18H2/b14-8+. The van der Waals surface area contributed by atoms with Crippen LogP contribution >= 0.6 is 24.0 Å². The first kappa shape index (κ1) is 14.7. The Balaban J connectivity index is 1.93. The third kappa shape index (κ3) is 2.88. The van der Waals surface area contributed by atoms with Gasteiger partial charge in [-0.1, -0.05) is 42.2 Å². The summed E-state index contributed by atoms with van der Waals surface area (Å²) in [5.41, 5.74) is 7.70. The average Bonchev–Trinajstić information content (AvgIpc) is 2.76. The molecule has 1 amide bonds. The number of rotatable bonds is 2. The molecule has 0 saturated carbocycles. The molecule has 0 radical (unpaired) electrons. The van der Waals surface area contributed by atoms with E-state index in [0.717, 1.165) is 5.56 Å². The zero-order chi connectivity index (χ0) is 15.7. The first-order chi connectivity index (χ1) is 10.5. The second-order valence-electron chi connectivity index (χ2n) is 4.66. The van der Waals surface area contributed by atoms with Gasteiger partial charge in [0.15, 0.2) is 4.32 Å². The summed E-state index contributed by atoms with van der Waals surface area (Å²) in [6.45, 7) is 0.